The van der Waals surface area contributed by atoms with Crippen LogP contribution in [0, 0.1) is 6.92 Å². The Hall–Kier alpha value is -1.35. The zero-order valence-electron chi connectivity index (χ0n) is 13.0. The fraction of sp³-hybridized carbons (Fsp3) is 0.588. The van der Waals surface area contributed by atoms with Crippen molar-refractivity contribution in [3.63, 3.8) is 0 Å². The van der Waals surface area contributed by atoms with Gasteiger partial charge in [0, 0.05) is 6.04 Å². The summed E-state index contributed by atoms with van der Waals surface area (Å²) in [6, 6.07) is 8.78. The molecule has 1 heterocycles. The maximum Gasteiger partial charge on any atom is 0.241 e. The summed E-state index contributed by atoms with van der Waals surface area (Å²) in [6.07, 6.45) is 2.88. The minimum atomic E-state index is -0.0399. The average molecular weight is 274 g/mol. The Morgan fingerprint density at radius 3 is 2.25 bits per heavy atom. The largest absolute Gasteiger partial charge is 0.319 e. The number of rotatable bonds is 5. The van der Waals surface area contributed by atoms with E-state index >= 15 is 0 Å². The van der Waals surface area contributed by atoms with Crippen molar-refractivity contribution in [2.24, 2.45) is 0 Å². The second-order valence-electron chi connectivity index (χ2n) is 5.66. The average Bonchev–Trinajstić information content (AvgIpc) is 2.79. The van der Waals surface area contributed by atoms with E-state index in [4.69, 9.17) is 0 Å². The number of nitrogens with one attached hydrogen (secondary N) is 1. The first-order chi connectivity index (χ1) is 9.62. The highest BCUT2D eigenvalue weighted by Crippen LogP contribution is 2.30. The first-order valence-electron chi connectivity index (χ1n) is 7.77. The molecule has 1 saturated heterocycles. The van der Waals surface area contributed by atoms with E-state index in [0.717, 1.165) is 19.3 Å². The van der Waals surface area contributed by atoms with Crippen LogP contribution in [0.1, 0.15) is 57.3 Å². The number of amides is 1. The molecule has 0 bridgehead atoms. The van der Waals surface area contributed by atoms with Crippen LogP contribution in [-0.2, 0) is 4.79 Å². The summed E-state index contributed by atoms with van der Waals surface area (Å²) in [5.41, 5.74) is 2.44. The van der Waals surface area contributed by atoms with Crippen LogP contribution in [0.2, 0.25) is 0 Å². The lowest BCUT2D eigenvalue weighted by molar-refractivity contribution is -0.132. The molecule has 3 heteroatoms. The van der Waals surface area contributed by atoms with E-state index in [0.29, 0.717) is 6.04 Å². The first-order valence-corrected chi connectivity index (χ1v) is 7.77. The van der Waals surface area contributed by atoms with Crippen LogP contribution in [0.15, 0.2) is 24.3 Å². The number of nitrogens with zero attached hydrogens (tertiary/aromatic N) is 1. The van der Waals surface area contributed by atoms with Gasteiger partial charge >= 0.3 is 0 Å². The van der Waals surface area contributed by atoms with Crippen molar-refractivity contribution in [1.29, 1.82) is 0 Å². The molecular weight excluding hydrogens is 248 g/mol. The van der Waals surface area contributed by atoms with Crippen LogP contribution < -0.4 is 5.32 Å². The molecule has 2 atom stereocenters. The second kappa shape index (κ2) is 6.40. The Kier molecular flexibility index (Phi) is 4.81. The molecule has 2 rings (SSSR count). The summed E-state index contributed by atoms with van der Waals surface area (Å²) in [5, 5.41) is 3.50. The minimum absolute atomic E-state index is 0.0259. The van der Waals surface area contributed by atoms with E-state index in [1.807, 2.05) is 0 Å². The lowest BCUT2D eigenvalue weighted by atomic mass is 10.1. The number of carbonyl (C=O) groups is 1. The third kappa shape index (κ3) is 2.73. The van der Waals surface area contributed by atoms with Crippen LogP contribution in [0.5, 0.6) is 0 Å². The molecule has 1 aliphatic rings. The molecule has 1 N–H and O–H groups in total. The molecule has 20 heavy (non-hydrogen) atoms. The van der Waals surface area contributed by atoms with Gasteiger partial charge in [-0.3, -0.25) is 10.1 Å². The normalized spacial score (nSPS) is 22.9. The SMILES string of the molecule is CCC1NC(c2ccc(C)cc2)N(C(CC)CC)C1=O. The predicted octanol–water partition coefficient (Wildman–Crippen LogP) is 3.39. The molecule has 1 aromatic rings. The van der Waals surface area contributed by atoms with Crippen molar-refractivity contribution in [2.75, 3.05) is 0 Å². The van der Waals surface area contributed by atoms with Crippen LogP contribution in [0.25, 0.3) is 0 Å². The molecule has 1 aliphatic heterocycles. The van der Waals surface area contributed by atoms with Gasteiger partial charge in [-0.05, 0) is 31.7 Å². The third-order valence-corrected chi connectivity index (χ3v) is 4.33. The maximum atomic E-state index is 12.6. The van der Waals surface area contributed by atoms with E-state index in [-0.39, 0.29) is 18.1 Å². The van der Waals surface area contributed by atoms with Crippen molar-refractivity contribution in [3.05, 3.63) is 35.4 Å². The fourth-order valence-electron chi connectivity index (χ4n) is 3.02. The molecule has 3 nitrogen and oxygen atoms in total. The van der Waals surface area contributed by atoms with Crippen molar-refractivity contribution >= 4 is 5.91 Å². The molecule has 2 unspecified atom stereocenters. The van der Waals surface area contributed by atoms with Gasteiger partial charge in [-0.15, -0.1) is 0 Å². The highest BCUT2D eigenvalue weighted by atomic mass is 16.2. The minimum Gasteiger partial charge on any atom is -0.319 e. The lowest BCUT2D eigenvalue weighted by Gasteiger charge is -2.32. The topological polar surface area (TPSA) is 32.3 Å². The third-order valence-electron chi connectivity index (χ3n) is 4.33. The Balaban J connectivity index is 2.33. The van der Waals surface area contributed by atoms with Crippen molar-refractivity contribution in [2.45, 2.75) is 65.2 Å². The summed E-state index contributed by atoms with van der Waals surface area (Å²) in [7, 11) is 0. The van der Waals surface area contributed by atoms with E-state index in [1.165, 1.54) is 11.1 Å². The van der Waals surface area contributed by atoms with Gasteiger partial charge in [-0.2, -0.15) is 0 Å². The molecule has 0 aromatic heterocycles. The number of benzene rings is 1. The van der Waals surface area contributed by atoms with Crippen molar-refractivity contribution in [1.82, 2.24) is 10.2 Å². The molecule has 1 amide bonds. The zero-order valence-corrected chi connectivity index (χ0v) is 13.0. The van der Waals surface area contributed by atoms with Gasteiger partial charge in [-0.1, -0.05) is 50.6 Å². The Morgan fingerprint density at radius 2 is 1.75 bits per heavy atom. The Morgan fingerprint density at radius 1 is 1.15 bits per heavy atom. The molecule has 0 radical (unpaired) electrons. The van der Waals surface area contributed by atoms with Gasteiger partial charge < -0.3 is 4.90 Å². The van der Waals surface area contributed by atoms with Gasteiger partial charge in [0.25, 0.3) is 0 Å². The smallest absolute Gasteiger partial charge is 0.241 e. The Bertz CT molecular complexity index is 451. The maximum absolute atomic E-state index is 12.6. The van der Waals surface area contributed by atoms with Gasteiger partial charge in [0.1, 0.15) is 6.17 Å². The van der Waals surface area contributed by atoms with Gasteiger partial charge in [0.05, 0.1) is 6.04 Å². The van der Waals surface area contributed by atoms with Crippen LogP contribution >= 0.6 is 0 Å². The molecule has 1 fully saturated rings. The van der Waals surface area contributed by atoms with Crippen LogP contribution in [0.4, 0.5) is 0 Å². The van der Waals surface area contributed by atoms with E-state index < -0.39 is 0 Å². The highest BCUT2D eigenvalue weighted by Gasteiger charge is 2.41. The molecule has 1 aromatic carbocycles. The quantitative estimate of drug-likeness (QED) is 0.892. The van der Waals surface area contributed by atoms with E-state index in [9.17, 15) is 4.79 Å². The molecule has 110 valence electrons. The number of hydrogen-bond donors (Lipinski definition) is 1. The molecular formula is C17H26N2O. The highest BCUT2D eigenvalue weighted by molar-refractivity contribution is 5.84. The number of aryl methyl sites for hydroxylation is 1. The van der Waals surface area contributed by atoms with Crippen molar-refractivity contribution < 1.29 is 4.79 Å². The number of carbonyl (C=O) groups excluding carboxylic acids is 1. The van der Waals surface area contributed by atoms with Crippen molar-refractivity contribution in [3.8, 4) is 0 Å². The summed E-state index contributed by atoms with van der Waals surface area (Å²) in [5.74, 6) is 0.256. The van der Waals surface area contributed by atoms with Gasteiger partial charge in [-0.25, -0.2) is 0 Å². The summed E-state index contributed by atoms with van der Waals surface area (Å²) >= 11 is 0. The van der Waals surface area contributed by atoms with E-state index in [2.05, 4.69) is 62.2 Å². The predicted molar refractivity (Wildman–Crippen MR) is 82.4 cm³/mol. The molecule has 0 spiro atoms. The first kappa shape index (κ1) is 15.0. The lowest BCUT2D eigenvalue weighted by Crippen LogP contribution is -2.39. The summed E-state index contributed by atoms with van der Waals surface area (Å²) in [6.45, 7) is 8.47. The van der Waals surface area contributed by atoms with E-state index in [1.54, 1.807) is 0 Å². The fourth-order valence-corrected chi connectivity index (χ4v) is 3.02. The second-order valence-corrected chi connectivity index (χ2v) is 5.66. The zero-order chi connectivity index (χ0) is 14.7. The van der Waals surface area contributed by atoms with Crippen LogP contribution in [0.3, 0.4) is 0 Å². The summed E-state index contributed by atoms with van der Waals surface area (Å²) < 4.78 is 0. The summed E-state index contributed by atoms with van der Waals surface area (Å²) in [4.78, 5) is 14.7. The Labute approximate surface area is 122 Å². The monoisotopic (exact) mass is 274 g/mol. The van der Waals surface area contributed by atoms with Gasteiger partial charge in [0.15, 0.2) is 0 Å². The molecule has 0 saturated carbocycles. The number of hydrogen-bond acceptors (Lipinski definition) is 2. The standard InChI is InChI=1S/C17H26N2O/c1-5-14(6-2)19-16(18-15(7-3)17(19)20)13-10-8-12(4)9-11-13/h8-11,14-16,18H,5-7H2,1-4H3. The molecule has 0 aliphatic carbocycles. The van der Waals surface area contributed by atoms with Crippen LogP contribution in [-0.4, -0.2) is 22.9 Å². The van der Waals surface area contributed by atoms with Gasteiger partial charge in [0.2, 0.25) is 5.91 Å².